The number of amides is 1. The molecule has 4 aromatic rings. The Hall–Kier alpha value is -5.09. The summed E-state index contributed by atoms with van der Waals surface area (Å²) in [5.74, 6) is -2.04. The molecule has 9 nitrogen and oxygen atoms in total. The quantitative estimate of drug-likeness (QED) is 0.147. The number of halogens is 1. The number of ether oxygens (including phenoxy) is 1. The highest BCUT2D eigenvalue weighted by atomic mass is 79.9. The number of nitro benzene ring substituents is 1. The molecule has 7 rings (SSSR count). The Bertz CT molecular complexity index is 1940. The largest absolute Gasteiger partial charge is 0.496 e. The number of methoxy groups -OCH3 is 1. The Kier molecular flexibility index (Phi) is 6.47. The number of nitrogens with one attached hydrogen (secondary N) is 1. The van der Waals surface area contributed by atoms with Crippen LogP contribution in [0.4, 0.5) is 11.4 Å². The van der Waals surface area contributed by atoms with E-state index in [1.54, 1.807) is 42.6 Å². The predicted molar refractivity (Wildman–Crippen MR) is 167 cm³/mol. The lowest BCUT2D eigenvalue weighted by Crippen LogP contribution is -2.49. The van der Waals surface area contributed by atoms with E-state index < -0.39 is 40.0 Å². The molecule has 0 saturated carbocycles. The number of ketones is 2. The van der Waals surface area contributed by atoms with Gasteiger partial charge in [0, 0.05) is 35.1 Å². The summed E-state index contributed by atoms with van der Waals surface area (Å²) in [6.07, 6.45) is 3.66. The molecule has 44 heavy (non-hydrogen) atoms. The summed E-state index contributed by atoms with van der Waals surface area (Å²) < 4.78 is 5.92. The van der Waals surface area contributed by atoms with Gasteiger partial charge in [-0.3, -0.25) is 24.5 Å². The Morgan fingerprint density at radius 1 is 0.955 bits per heavy atom. The van der Waals surface area contributed by atoms with Crippen LogP contribution in [0.5, 0.6) is 5.75 Å². The number of hydrogen-bond donors (Lipinski definition) is 1. The molecule has 3 heterocycles. The average molecular weight is 650 g/mol. The second-order valence-electron chi connectivity index (χ2n) is 11.0. The highest BCUT2D eigenvalue weighted by molar-refractivity contribution is 9.10. The molecule has 0 radical (unpaired) electrons. The molecular weight excluding hydrogens is 626 g/mol. The number of nitro groups is 1. The molecule has 1 amide bonds. The highest BCUT2D eigenvalue weighted by Crippen LogP contribution is 2.62. The number of non-ortho nitro benzene ring substituents is 1. The van der Waals surface area contributed by atoms with E-state index >= 15 is 0 Å². The van der Waals surface area contributed by atoms with Crippen molar-refractivity contribution in [3.8, 4) is 5.75 Å². The summed E-state index contributed by atoms with van der Waals surface area (Å²) in [5.41, 5.74) is 1.38. The molecule has 3 aliphatic rings. The number of fused-ring (bicyclic) bond motifs is 6. The van der Waals surface area contributed by atoms with Gasteiger partial charge in [0.05, 0.1) is 28.5 Å². The summed E-state index contributed by atoms with van der Waals surface area (Å²) in [7, 11) is 1.52. The van der Waals surface area contributed by atoms with Gasteiger partial charge in [0.25, 0.3) is 5.69 Å². The zero-order valence-corrected chi connectivity index (χ0v) is 24.9. The van der Waals surface area contributed by atoms with Crippen molar-refractivity contribution in [2.45, 2.75) is 17.5 Å². The Balaban J connectivity index is 1.52. The molecule has 10 heteroatoms. The van der Waals surface area contributed by atoms with Gasteiger partial charge in [-0.05, 0) is 63.0 Å². The zero-order chi connectivity index (χ0) is 30.7. The predicted octanol–water partition coefficient (Wildman–Crippen LogP) is 6.35. The van der Waals surface area contributed by atoms with Crippen molar-refractivity contribution < 1.29 is 24.0 Å². The second-order valence-corrected chi connectivity index (χ2v) is 11.8. The standard InChI is InChI=1S/C34H24BrN3O6/c1-44-27-14-13-21(18-25(27)35)31(40)29-28(30(39)20-8-6-9-22(17-20)38(42)43)34(24-11-4-5-12-26(24)36-33(34)41)32-23-10-3-2-7-19(23)15-16-37(29)32/h2-18,28-29,32H,1H3,(H,36,41)/t28-,29+,32+,34-/m0/s1. The minimum atomic E-state index is -1.54. The molecule has 0 bridgehead atoms. The molecule has 3 aliphatic heterocycles. The number of Topliss-reactive ketones (excluding diaryl/α,β-unsaturated/α-hetero) is 2. The highest BCUT2D eigenvalue weighted by Gasteiger charge is 2.70. The Morgan fingerprint density at radius 2 is 1.70 bits per heavy atom. The van der Waals surface area contributed by atoms with E-state index in [2.05, 4.69) is 21.2 Å². The SMILES string of the molecule is COc1ccc(C(=O)[C@H]2[C@@H](C(=O)c3cccc([N+](=O)[O-])c3)[C@]3(C(=O)Nc4ccccc43)[C@H]3c4ccccc4C=CN23)cc1Br. The molecule has 1 N–H and O–H groups in total. The van der Waals surface area contributed by atoms with E-state index in [1.807, 2.05) is 41.3 Å². The molecule has 1 saturated heterocycles. The molecule has 0 aromatic heterocycles. The third-order valence-corrected chi connectivity index (χ3v) is 9.52. The zero-order valence-electron chi connectivity index (χ0n) is 23.3. The summed E-state index contributed by atoms with van der Waals surface area (Å²) >= 11 is 3.47. The van der Waals surface area contributed by atoms with Gasteiger partial charge in [0.1, 0.15) is 17.2 Å². The smallest absolute Gasteiger partial charge is 0.270 e. The van der Waals surface area contributed by atoms with E-state index in [0.29, 0.717) is 27.0 Å². The fraction of sp³-hybridized carbons (Fsp3) is 0.147. The summed E-state index contributed by atoms with van der Waals surface area (Å²) in [6, 6.07) is 23.3. The lowest BCUT2D eigenvalue weighted by Gasteiger charge is -2.38. The van der Waals surface area contributed by atoms with Gasteiger partial charge >= 0.3 is 0 Å². The maximum absolute atomic E-state index is 14.9. The molecule has 1 fully saturated rings. The minimum absolute atomic E-state index is 0.0478. The van der Waals surface area contributed by atoms with Crippen molar-refractivity contribution in [2.75, 3.05) is 12.4 Å². The first-order valence-electron chi connectivity index (χ1n) is 13.9. The molecule has 1 spiro atoms. The molecule has 0 aliphatic carbocycles. The van der Waals surface area contributed by atoms with Gasteiger partial charge in [0.2, 0.25) is 5.91 Å². The van der Waals surface area contributed by atoms with E-state index in [9.17, 15) is 24.5 Å². The van der Waals surface area contributed by atoms with Crippen LogP contribution < -0.4 is 10.1 Å². The van der Waals surface area contributed by atoms with Crippen LogP contribution in [0.1, 0.15) is 43.4 Å². The van der Waals surface area contributed by atoms with E-state index in [1.165, 1.54) is 31.4 Å². The number of carbonyl (C=O) groups is 3. The fourth-order valence-electron chi connectivity index (χ4n) is 7.11. The van der Waals surface area contributed by atoms with Gasteiger partial charge in [0.15, 0.2) is 11.6 Å². The van der Waals surface area contributed by atoms with Crippen LogP contribution >= 0.6 is 15.9 Å². The lowest BCUT2D eigenvalue weighted by molar-refractivity contribution is -0.384. The van der Waals surface area contributed by atoms with E-state index in [4.69, 9.17) is 4.74 Å². The van der Waals surface area contributed by atoms with Gasteiger partial charge in [-0.2, -0.15) is 0 Å². The number of rotatable bonds is 6. The number of anilines is 1. The molecule has 4 atom stereocenters. The number of para-hydroxylation sites is 1. The maximum Gasteiger partial charge on any atom is 0.270 e. The van der Waals surface area contributed by atoms with Crippen molar-refractivity contribution >= 4 is 50.9 Å². The van der Waals surface area contributed by atoms with Crippen molar-refractivity contribution in [1.29, 1.82) is 0 Å². The number of hydrogen-bond acceptors (Lipinski definition) is 7. The van der Waals surface area contributed by atoms with Crippen LogP contribution in [0.2, 0.25) is 0 Å². The van der Waals surface area contributed by atoms with Gasteiger partial charge in [-0.25, -0.2) is 0 Å². The minimum Gasteiger partial charge on any atom is -0.496 e. The second kappa shape index (κ2) is 10.3. The van der Waals surface area contributed by atoms with Crippen molar-refractivity contribution in [3.05, 3.63) is 140 Å². The molecular formula is C34H24BrN3O6. The van der Waals surface area contributed by atoms with E-state index in [0.717, 1.165) is 11.1 Å². The normalized spacial score (nSPS) is 22.6. The van der Waals surface area contributed by atoms with E-state index in [-0.39, 0.29) is 17.0 Å². The first-order chi connectivity index (χ1) is 21.3. The number of nitrogens with zero attached hydrogens (tertiary/aromatic N) is 2. The van der Waals surface area contributed by atoms with Gasteiger partial charge in [-0.1, -0.05) is 54.6 Å². The van der Waals surface area contributed by atoms with Crippen molar-refractivity contribution in [2.24, 2.45) is 5.92 Å². The van der Waals surface area contributed by atoms with Gasteiger partial charge < -0.3 is 15.0 Å². The Labute approximate surface area is 260 Å². The number of benzene rings is 4. The maximum atomic E-state index is 14.9. The Morgan fingerprint density at radius 3 is 2.48 bits per heavy atom. The van der Waals surface area contributed by atoms with Crippen LogP contribution in [0.3, 0.4) is 0 Å². The lowest BCUT2D eigenvalue weighted by atomic mass is 9.62. The summed E-state index contributed by atoms with van der Waals surface area (Å²) in [4.78, 5) is 57.1. The monoisotopic (exact) mass is 649 g/mol. The van der Waals surface area contributed by atoms with Crippen LogP contribution in [-0.4, -0.2) is 40.4 Å². The third-order valence-electron chi connectivity index (χ3n) is 8.90. The first-order valence-corrected chi connectivity index (χ1v) is 14.7. The van der Waals surface area contributed by atoms with Gasteiger partial charge in [-0.15, -0.1) is 0 Å². The van der Waals surface area contributed by atoms with Crippen molar-refractivity contribution in [3.63, 3.8) is 0 Å². The summed E-state index contributed by atoms with van der Waals surface area (Å²) in [6.45, 7) is 0. The first kappa shape index (κ1) is 27.7. The fourth-order valence-corrected chi connectivity index (χ4v) is 7.65. The topological polar surface area (TPSA) is 119 Å². The van der Waals surface area contributed by atoms with Crippen LogP contribution in [0.25, 0.3) is 6.08 Å². The molecule has 218 valence electrons. The average Bonchev–Trinajstić information content (AvgIpc) is 3.52. The number of carbonyl (C=O) groups excluding carboxylic acids is 3. The van der Waals surface area contributed by atoms with Crippen LogP contribution in [-0.2, 0) is 10.2 Å². The third kappa shape index (κ3) is 3.87. The molecule has 4 aromatic carbocycles. The van der Waals surface area contributed by atoms with Crippen LogP contribution in [0, 0.1) is 16.0 Å². The van der Waals surface area contributed by atoms with Crippen molar-refractivity contribution in [1.82, 2.24) is 4.90 Å². The van der Waals surface area contributed by atoms with Crippen LogP contribution in [0.15, 0.2) is 102 Å². The molecule has 0 unspecified atom stereocenters. The summed E-state index contributed by atoms with van der Waals surface area (Å²) in [5, 5.41) is 14.7.